The number of amides is 1. The van der Waals surface area contributed by atoms with Crippen LogP contribution in [0.5, 0.6) is 5.75 Å². The normalized spacial score (nSPS) is 10.6. The summed E-state index contributed by atoms with van der Waals surface area (Å²) in [7, 11) is 0. The molecule has 7 heteroatoms. The summed E-state index contributed by atoms with van der Waals surface area (Å²) >= 11 is 5.68. The van der Waals surface area contributed by atoms with Gasteiger partial charge in [0, 0.05) is 24.4 Å². The van der Waals surface area contributed by atoms with Crippen molar-refractivity contribution in [3.63, 3.8) is 0 Å². The molecule has 3 aromatic rings. The molecule has 1 amide bonds. The van der Waals surface area contributed by atoms with Gasteiger partial charge in [0.2, 0.25) is 5.91 Å². The van der Waals surface area contributed by atoms with Gasteiger partial charge in [-0.3, -0.25) is 9.48 Å². The van der Waals surface area contributed by atoms with Gasteiger partial charge >= 0.3 is 0 Å². The lowest BCUT2D eigenvalue weighted by atomic mass is 10.2. The number of nitrogens with zero attached hydrogens (tertiary/aromatic N) is 2. The molecule has 3 rings (SSSR count). The number of nitrogens with one attached hydrogen (secondary N) is 1. The van der Waals surface area contributed by atoms with Crippen LogP contribution >= 0.6 is 11.6 Å². The Kier molecular flexibility index (Phi) is 6.44. The third-order valence-electron chi connectivity index (χ3n) is 3.85. The fraction of sp³-hybridized carbons (Fsp3) is 0.200. The lowest BCUT2D eigenvalue weighted by Gasteiger charge is -2.07. The molecule has 0 aliphatic rings. The molecule has 0 spiro atoms. The highest BCUT2D eigenvalue weighted by molar-refractivity contribution is 6.30. The first kappa shape index (κ1) is 18.9. The van der Waals surface area contributed by atoms with E-state index in [-0.39, 0.29) is 24.0 Å². The number of ether oxygens (including phenoxy) is 1. The van der Waals surface area contributed by atoms with Crippen LogP contribution < -0.4 is 10.1 Å². The maximum Gasteiger partial charge on any atom is 0.223 e. The average Bonchev–Trinajstić information content (AvgIpc) is 3.11. The maximum atomic E-state index is 13.1. The molecule has 0 saturated heterocycles. The van der Waals surface area contributed by atoms with Crippen LogP contribution in [0, 0.1) is 5.82 Å². The summed E-state index contributed by atoms with van der Waals surface area (Å²) < 4.78 is 20.3. The van der Waals surface area contributed by atoms with Crippen molar-refractivity contribution in [2.75, 3.05) is 6.61 Å². The van der Waals surface area contributed by atoms with Gasteiger partial charge in [-0.25, -0.2) is 4.39 Å². The molecule has 0 aliphatic heterocycles. The minimum atomic E-state index is -0.505. The molecule has 1 aromatic heterocycles. The van der Waals surface area contributed by atoms with E-state index < -0.39 is 5.82 Å². The molecule has 0 unspecified atom stereocenters. The van der Waals surface area contributed by atoms with Crippen LogP contribution in [0.3, 0.4) is 0 Å². The molecule has 0 bridgehead atoms. The number of carbonyl (C=O) groups excluding carboxylic acids is 1. The average molecular weight is 388 g/mol. The molecule has 1 N–H and O–H groups in total. The molecular weight excluding hydrogens is 369 g/mol. The van der Waals surface area contributed by atoms with E-state index in [0.717, 1.165) is 11.1 Å². The first-order valence-electron chi connectivity index (χ1n) is 8.50. The van der Waals surface area contributed by atoms with E-state index in [9.17, 15) is 9.18 Å². The molecule has 0 fully saturated rings. The number of aromatic nitrogens is 2. The maximum absolute atomic E-state index is 13.1. The van der Waals surface area contributed by atoms with Crippen LogP contribution in [0.2, 0.25) is 5.02 Å². The number of hydrogen-bond donors (Lipinski definition) is 1. The molecular formula is C20H19ClFN3O2. The van der Waals surface area contributed by atoms with E-state index >= 15 is 0 Å². The van der Waals surface area contributed by atoms with Gasteiger partial charge in [0.25, 0.3) is 0 Å². The monoisotopic (exact) mass is 387 g/mol. The Hall–Kier alpha value is -2.86. The van der Waals surface area contributed by atoms with E-state index in [1.54, 1.807) is 6.20 Å². The Morgan fingerprint density at radius 2 is 2.00 bits per heavy atom. The fourth-order valence-corrected chi connectivity index (χ4v) is 2.64. The van der Waals surface area contributed by atoms with E-state index in [1.807, 2.05) is 41.2 Å². The van der Waals surface area contributed by atoms with Gasteiger partial charge in [-0.1, -0.05) is 41.9 Å². The van der Waals surface area contributed by atoms with Gasteiger partial charge in [0.05, 0.1) is 30.8 Å². The van der Waals surface area contributed by atoms with Crippen LogP contribution in [0.1, 0.15) is 17.5 Å². The summed E-state index contributed by atoms with van der Waals surface area (Å²) in [6.45, 7) is 1.26. The van der Waals surface area contributed by atoms with Crippen molar-refractivity contribution in [1.29, 1.82) is 0 Å². The van der Waals surface area contributed by atoms with E-state index in [0.29, 0.717) is 18.8 Å². The van der Waals surface area contributed by atoms with Gasteiger partial charge < -0.3 is 10.1 Å². The topological polar surface area (TPSA) is 56.1 Å². The zero-order valence-electron chi connectivity index (χ0n) is 14.6. The Morgan fingerprint density at radius 1 is 1.19 bits per heavy atom. The molecule has 0 atom stereocenters. The third-order valence-corrected chi connectivity index (χ3v) is 4.14. The first-order chi connectivity index (χ1) is 13.1. The lowest BCUT2D eigenvalue weighted by Crippen LogP contribution is -2.24. The van der Waals surface area contributed by atoms with Crippen molar-refractivity contribution in [3.05, 3.63) is 82.9 Å². The minimum absolute atomic E-state index is 0.00975. The molecule has 27 heavy (non-hydrogen) atoms. The smallest absolute Gasteiger partial charge is 0.223 e. The van der Waals surface area contributed by atoms with E-state index in [4.69, 9.17) is 16.3 Å². The number of rotatable bonds is 8. The quantitative estimate of drug-likeness (QED) is 0.639. The number of benzene rings is 2. The van der Waals surface area contributed by atoms with Crippen molar-refractivity contribution in [3.8, 4) is 5.75 Å². The minimum Gasteiger partial charge on any atom is -0.493 e. The predicted octanol–water partition coefficient (Wildman–Crippen LogP) is 3.81. The Morgan fingerprint density at radius 3 is 2.78 bits per heavy atom. The summed E-state index contributed by atoms with van der Waals surface area (Å²) in [5.74, 6) is -0.218. The van der Waals surface area contributed by atoms with Gasteiger partial charge in [-0.15, -0.1) is 0 Å². The standard InChI is InChI=1S/C20H19ClFN3O2/c21-18-10-17(6-7-19(18)22)27-9-8-20(26)23-11-16-12-24-25(14-16)13-15-4-2-1-3-5-15/h1-7,10,12,14H,8-9,11,13H2,(H,23,26). The summed E-state index contributed by atoms with van der Waals surface area (Å²) in [6, 6.07) is 14.1. The van der Waals surface area contributed by atoms with Gasteiger partial charge in [-0.05, 0) is 17.7 Å². The number of halogens is 2. The van der Waals surface area contributed by atoms with Gasteiger partial charge in [0.1, 0.15) is 11.6 Å². The predicted molar refractivity (Wildman–Crippen MR) is 101 cm³/mol. The fourth-order valence-electron chi connectivity index (χ4n) is 2.47. The van der Waals surface area contributed by atoms with Gasteiger partial charge in [0.15, 0.2) is 0 Å². The zero-order valence-corrected chi connectivity index (χ0v) is 15.3. The number of hydrogen-bond acceptors (Lipinski definition) is 3. The second kappa shape index (κ2) is 9.19. The summed E-state index contributed by atoms with van der Waals surface area (Å²) in [4.78, 5) is 11.9. The molecule has 140 valence electrons. The van der Waals surface area contributed by atoms with Crippen molar-refractivity contribution in [2.24, 2.45) is 0 Å². The van der Waals surface area contributed by atoms with Crippen molar-refractivity contribution < 1.29 is 13.9 Å². The van der Waals surface area contributed by atoms with Gasteiger partial charge in [-0.2, -0.15) is 5.10 Å². The second-order valence-electron chi connectivity index (χ2n) is 5.98. The second-order valence-corrected chi connectivity index (χ2v) is 6.39. The zero-order chi connectivity index (χ0) is 19.1. The number of carbonyl (C=O) groups is 1. The van der Waals surface area contributed by atoms with Crippen molar-refractivity contribution in [1.82, 2.24) is 15.1 Å². The van der Waals surface area contributed by atoms with E-state index in [2.05, 4.69) is 10.4 Å². The molecule has 5 nitrogen and oxygen atoms in total. The molecule has 2 aromatic carbocycles. The summed E-state index contributed by atoms with van der Waals surface area (Å²) in [5, 5.41) is 7.12. The first-order valence-corrected chi connectivity index (χ1v) is 8.88. The van der Waals surface area contributed by atoms with Crippen LogP contribution in [0.15, 0.2) is 60.9 Å². The van der Waals surface area contributed by atoms with Crippen molar-refractivity contribution >= 4 is 17.5 Å². The molecule has 0 saturated carbocycles. The van der Waals surface area contributed by atoms with Crippen LogP contribution in [-0.4, -0.2) is 22.3 Å². The highest BCUT2D eigenvalue weighted by Crippen LogP contribution is 2.21. The van der Waals surface area contributed by atoms with Crippen LogP contribution in [-0.2, 0) is 17.9 Å². The van der Waals surface area contributed by atoms with Crippen LogP contribution in [0.4, 0.5) is 4.39 Å². The summed E-state index contributed by atoms with van der Waals surface area (Å²) in [6.07, 6.45) is 3.83. The summed E-state index contributed by atoms with van der Waals surface area (Å²) in [5.41, 5.74) is 2.08. The molecule has 0 aliphatic carbocycles. The van der Waals surface area contributed by atoms with E-state index in [1.165, 1.54) is 18.2 Å². The third kappa shape index (κ3) is 5.82. The highest BCUT2D eigenvalue weighted by Gasteiger charge is 2.06. The largest absolute Gasteiger partial charge is 0.493 e. The van der Waals surface area contributed by atoms with Crippen molar-refractivity contribution in [2.45, 2.75) is 19.5 Å². The Balaban J connectivity index is 1.39. The highest BCUT2D eigenvalue weighted by atomic mass is 35.5. The molecule has 0 radical (unpaired) electrons. The lowest BCUT2D eigenvalue weighted by molar-refractivity contribution is -0.121. The Bertz CT molecular complexity index is 899. The Labute approximate surface area is 161 Å². The molecule has 1 heterocycles. The SMILES string of the molecule is O=C(CCOc1ccc(F)c(Cl)c1)NCc1cnn(Cc2ccccc2)c1. The van der Waals surface area contributed by atoms with Crippen LogP contribution in [0.25, 0.3) is 0 Å².